The van der Waals surface area contributed by atoms with Crippen LogP contribution in [0.25, 0.3) is 0 Å². The third-order valence-electron chi connectivity index (χ3n) is 5.03. The van der Waals surface area contributed by atoms with Gasteiger partial charge in [0.1, 0.15) is 0 Å². The van der Waals surface area contributed by atoms with Crippen LogP contribution in [0.15, 0.2) is 48.5 Å². The highest BCUT2D eigenvalue weighted by Crippen LogP contribution is 2.33. The van der Waals surface area contributed by atoms with Crippen LogP contribution < -0.4 is 10.6 Å². The minimum Gasteiger partial charge on any atom is -0.328 e. The number of nitrogens with zero attached hydrogens (tertiary/aromatic N) is 1. The first-order valence-corrected chi connectivity index (χ1v) is 8.93. The lowest BCUT2D eigenvalue weighted by Crippen LogP contribution is -2.28. The molecule has 3 rings (SSSR count). The monoisotopic (exact) mass is 321 g/mol. The van der Waals surface area contributed by atoms with E-state index in [9.17, 15) is 0 Å². The standard InChI is InChI=1S/C21H27N3/c1-16-11-13-18(14-12-16)24(15-22)20-10-6-5-9-19(20)21(23)17-7-3-2-4-8-17/h5-6,9-14,17,23H,2-4,7-8,15,22H2,1H3. The van der Waals surface area contributed by atoms with Crippen LogP contribution in [-0.2, 0) is 0 Å². The van der Waals surface area contributed by atoms with Crippen molar-refractivity contribution in [3.8, 4) is 0 Å². The average molecular weight is 321 g/mol. The van der Waals surface area contributed by atoms with Crippen LogP contribution in [0.1, 0.15) is 43.2 Å². The summed E-state index contributed by atoms with van der Waals surface area (Å²) in [5, 5.41) is 8.76. The van der Waals surface area contributed by atoms with E-state index in [1.807, 2.05) is 12.1 Å². The van der Waals surface area contributed by atoms with Crippen LogP contribution in [0.5, 0.6) is 0 Å². The molecule has 1 fully saturated rings. The molecular formula is C21H27N3. The van der Waals surface area contributed by atoms with Gasteiger partial charge in [0.2, 0.25) is 0 Å². The summed E-state index contributed by atoms with van der Waals surface area (Å²) in [6.07, 6.45) is 6.08. The molecule has 0 aromatic heterocycles. The second kappa shape index (κ2) is 7.63. The van der Waals surface area contributed by atoms with Gasteiger partial charge in [0, 0.05) is 22.9 Å². The summed E-state index contributed by atoms with van der Waals surface area (Å²) < 4.78 is 0. The molecule has 3 nitrogen and oxygen atoms in total. The van der Waals surface area contributed by atoms with Crippen molar-refractivity contribution in [2.75, 3.05) is 11.6 Å². The average Bonchev–Trinajstić information content (AvgIpc) is 2.64. The highest BCUT2D eigenvalue weighted by atomic mass is 15.2. The van der Waals surface area contributed by atoms with E-state index in [4.69, 9.17) is 11.1 Å². The molecule has 2 aromatic carbocycles. The van der Waals surface area contributed by atoms with Crippen LogP contribution in [-0.4, -0.2) is 12.4 Å². The predicted molar refractivity (Wildman–Crippen MR) is 102 cm³/mol. The highest BCUT2D eigenvalue weighted by molar-refractivity contribution is 6.05. The zero-order chi connectivity index (χ0) is 16.9. The van der Waals surface area contributed by atoms with Gasteiger partial charge in [-0.1, -0.05) is 55.2 Å². The number of rotatable bonds is 5. The number of anilines is 2. The molecule has 0 saturated heterocycles. The largest absolute Gasteiger partial charge is 0.328 e. The predicted octanol–water partition coefficient (Wildman–Crippen LogP) is 5.00. The molecule has 2 aromatic rings. The van der Waals surface area contributed by atoms with E-state index in [0.29, 0.717) is 12.6 Å². The molecule has 126 valence electrons. The Bertz CT molecular complexity index is 684. The lowest BCUT2D eigenvalue weighted by molar-refractivity contribution is 0.438. The van der Waals surface area contributed by atoms with Crippen LogP contribution in [0.4, 0.5) is 11.4 Å². The number of hydrogen-bond donors (Lipinski definition) is 2. The molecule has 0 unspecified atom stereocenters. The second-order valence-corrected chi connectivity index (χ2v) is 6.71. The molecular weight excluding hydrogens is 294 g/mol. The van der Waals surface area contributed by atoms with Crippen LogP contribution in [0, 0.1) is 18.3 Å². The van der Waals surface area contributed by atoms with E-state index in [1.165, 1.54) is 24.8 Å². The Morgan fingerprint density at radius 2 is 1.71 bits per heavy atom. The summed E-state index contributed by atoms with van der Waals surface area (Å²) in [5.74, 6) is 0.387. The molecule has 0 heterocycles. The number of hydrogen-bond acceptors (Lipinski definition) is 3. The molecule has 0 amide bonds. The van der Waals surface area contributed by atoms with Crippen molar-refractivity contribution in [2.24, 2.45) is 11.7 Å². The molecule has 1 aliphatic rings. The van der Waals surface area contributed by atoms with Crippen molar-refractivity contribution in [2.45, 2.75) is 39.0 Å². The maximum Gasteiger partial charge on any atom is 0.0706 e. The first-order chi connectivity index (χ1) is 11.7. The van der Waals surface area contributed by atoms with Gasteiger partial charge in [-0.25, -0.2) is 0 Å². The van der Waals surface area contributed by atoms with Crippen LogP contribution in [0.2, 0.25) is 0 Å². The minimum atomic E-state index is 0.387. The first kappa shape index (κ1) is 16.7. The summed E-state index contributed by atoms with van der Waals surface area (Å²) in [6, 6.07) is 16.6. The Morgan fingerprint density at radius 3 is 2.38 bits per heavy atom. The fourth-order valence-corrected chi connectivity index (χ4v) is 3.62. The number of aryl methyl sites for hydroxylation is 1. The number of nitrogens with two attached hydrogens (primary N) is 1. The Labute approximate surface area is 145 Å². The fraction of sp³-hybridized carbons (Fsp3) is 0.381. The molecule has 0 aliphatic heterocycles. The zero-order valence-electron chi connectivity index (χ0n) is 14.5. The maximum atomic E-state index is 8.76. The molecule has 0 spiro atoms. The molecule has 3 heteroatoms. The van der Waals surface area contributed by atoms with Gasteiger partial charge >= 0.3 is 0 Å². The van der Waals surface area contributed by atoms with Crippen LogP contribution >= 0.6 is 0 Å². The van der Waals surface area contributed by atoms with Crippen molar-refractivity contribution in [3.05, 3.63) is 59.7 Å². The summed E-state index contributed by atoms with van der Waals surface area (Å²) >= 11 is 0. The topological polar surface area (TPSA) is 53.1 Å². The van der Waals surface area contributed by atoms with Gasteiger partial charge in [-0.15, -0.1) is 0 Å². The molecule has 3 N–H and O–H groups in total. The highest BCUT2D eigenvalue weighted by Gasteiger charge is 2.22. The van der Waals surface area contributed by atoms with Gasteiger partial charge in [0.25, 0.3) is 0 Å². The lowest BCUT2D eigenvalue weighted by atomic mass is 9.83. The summed E-state index contributed by atoms with van der Waals surface area (Å²) in [5.41, 5.74) is 11.2. The van der Waals surface area contributed by atoms with Crippen molar-refractivity contribution in [1.29, 1.82) is 5.41 Å². The SMILES string of the molecule is Cc1ccc(N(CN)c2ccccc2C(=N)C2CCCCC2)cc1. The minimum absolute atomic E-state index is 0.387. The summed E-state index contributed by atoms with van der Waals surface area (Å²) in [7, 11) is 0. The van der Waals surface area contributed by atoms with Crippen molar-refractivity contribution in [1.82, 2.24) is 0 Å². The van der Waals surface area contributed by atoms with Gasteiger partial charge < -0.3 is 16.0 Å². The second-order valence-electron chi connectivity index (χ2n) is 6.71. The number of benzene rings is 2. The Kier molecular flexibility index (Phi) is 5.31. The van der Waals surface area contributed by atoms with E-state index in [-0.39, 0.29) is 0 Å². The molecule has 1 saturated carbocycles. The van der Waals surface area contributed by atoms with Gasteiger partial charge in [-0.05, 0) is 38.0 Å². The Hall–Kier alpha value is -2.13. The van der Waals surface area contributed by atoms with Gasteiger partial charge in [0.05, 0.1) is 12.4 Å². The van der Waals surface area contributed by atoms with E-state index in [0.717, 1.165) is 35.5 Å². The van der Waals surface area contributed by atoms with E-state index in [1.54, 1.807) is 0 Å². The molecule has 0 atom stereocenters. The maximum absolute atomic E-state index is 8.76. The van der Waals surface area contributed by atoms with E-state index >= 15 is 0 Å². The van der Waals surface area contributed by atoms with E-state index in [2.05, 4.69) is 48.2 Å². The molecule has 24 heavy (non-hydrogen) atoms. The lowest BCUT2D eigenvalue weighted by Gasteiger charge is -2.29. The fourth-order valence-electron chi connectivity index (χ4n) is 3.62. The Balaban J connectivity index is 1.94. The first-order valence-electron chi connectivity index (χ1n) is 8.93. The molecule has 0 radical (unpaired) electrons. The van der Waals surface area contributed by atoms with Gasteiger partial charge in [-0.2, -0.15) is 0 Å². The third-order valence-corrected chi connectivity index (χ3v) is 5.03. The summed E-state index contributed by atoms with van der Waals surface area (Å²) in [4.78, 5) is 2.10. The van der Waals surface area contributed by atoms with Gasteiger partial charge in [0.15, 0.2) is 0 Å². The van der Waals surface area contributed by atoms with Crippen LogP contribution in [0.3, 0.4) is 0 Å². The summed E-state index contributed by atoms with van der Waals surface area (Å²) in [6.45, 7) is 2.49. The molecule has 0 bridgehead atoms. The zero-order valence-corrected chi connectivity index (χ0v) is 14.5. The smallest absolute Gasteiger partial charge is 0.0706 e. The molecule has 1 aliphatic carbocycles. The number of nitrogens with one attached hydrogen (secondary N) is 1. The van der Waals surface area contributed by atoms with Crippen molar-refractivity contribution in [3.63, 3.8) is 0 Å². The van der Waals surface area contributed by atoms with Crippen molar-refractivity contribution < 1.29 is 0 Å². The van der Waals surface area contributed by atoms with E-state index < -0.39 is 0 Å². The van der Waals surface area contributed by atoms with Crippen molar-refractivity contribution >= 4 is 17.1 Å². The quantitative estimate of drug-likeness (QED) is 0.601. The normalized spacial score (nSPS) is 15.2. The van der Waals surface area contributed by atoms with Gasteiger partial charge in [-0.3, -0.25) is 0 Å². The Morgan fingerprint density at radius 1 is 1.04 bits per heavy atom. The number of para-hydroxylation sites is 1. The third kappa shape index (κ3) is 3.51.